The molecule has 2 N–H and O–H groups in total. The van der Waals surface area contributed by atoms with Crippen LogP contribution in [0, 0.1) is 18.7 Å². The fourth-order valence-corrected chi connectivity index (χ4v) is 4.43. The van der Waals surface area contributed by atoms with E-state index in [9.17, 15) is 24.2 Å². The second-order valence-corrected chi connectivity index (χ2v) is 9.86. The Morgan fingerprint density at radius 3 is 2.41 bits per heavy atom. The Morgan fingerprint density at radius 2 is 1.78 bits per heavy atom. The number of aliphatic hydroxyl groups excluding tert-OH is 1. The van der Waals surface area contributed by atoms with Crippen LogP contribution >= 0.6 is 11.6 Å². The first-order valence-corrected chi connectivity index (χ1v) is 12.2. The third-order valence-electron chi connectivity index (χ3n) is 6.11. The van der Waals surface area contributed by atoms with Crippen LogP contribution in [-0.4, -0.2) is 33.4 Å². The largest absolute Gasteiger partial charge is 0.507 e. The van der Waals surface area contributed by atoms with Gasteiger partial charge < -0.3 is 19.8 Å². The van der Waals surface area contributed by atoms with Crippen molar-refractivity contribution in [2.24, 2.45) is 5.92 Å². The molecule has 1 amide bonds. The van der Waals surface area contributed by atoms with Crippen LogP contribution in [0.3, 0.4) is 0 Å². The highest BCUT2D eigenvalue weighted by Crippen LogP contribution is 2.42. The number of rotatable bonds is 7. The van der Waals surface area contributed by atoms with E-state index in [1.165, 1.54) is 47.4 Å². The van der Waals surface area contributed by atoms with Gasteiger partial charge in [0.2, 0.25) is 0 Å². The van der Waals surface area contributed by atoms with Gasteiger partial charge in [0.25, 0.3) is 11.7 Å². The normalized spacial score (nSPS) is 17.0. The summed E-state index contributed by atoms with van der Waals surface area (Å²) in [4.78, 5) is 27.7. The second-order valence-electron chi connectivity index (χ2n) is 9.45. The Labute approximate surface area is 219 Å². The number of hydrogen-bond acceptors (Lipinski definition) is 5. The number of Topliss-reactive ketones (excluding diaryl/α,β-unsaturated/α-hetero) is 1. The molecule has 0 bridgehead atoms. The lowest BCUT2D eigenvalue weighted by Gasteiger charge is -2.26. The zero-order chi connectivity index (χ0) is 26.9. The summed E-state index contributed by atoms with van der Waals surface area (Å²) in [6.45, 7) is 6.43. The van der Waals surface area contributed by atoms with Crippen molar-refractivity contribution in [3.05, 3.63) is 99.3 Å². The predicted molar refractivity (Wildman–Crippen MR) is 139 cm³/mol. The summed E-state index contributed by atoms with van der Waals surface area (Å²) >= 11 is 6.15. The highest BCUT2D eigenvalue weighted by molar-refractivity contribution is 6.46. The Balaban J connectivity index is 1.81. The lowest BCUT2D eigenvalue weighted by atomic mass is 9.94. The number of phenols is 1. The van der Waals surface area contributed by atoms with Crippen LogP contribution in [0.4, 0.5) is 4.39 Å². The van der Waals surface area contributed by atoms with E-state index in [0.29, 0.717) is 35.0 Å². The minimum absolute atomic E-state index is 0.00813. The van der Waals surface area contributed by atoms with Crippen molar-refractivity contribution < 1.29 is 28.9 Å². The Bertz CT molecular complexity index is 1380. The van der Waals surface area contributed by atoms with Crippen LogP contribution in [0.15, 0.2) is 66.2 Å². The maximum Gasteiger partial charge on any atom is 0.295 e. The van der Waals surface area contributed by atoms with E-state index in [1.54, 1.807) is 18.2 Å². The van der Waals surface area contributed by atoms with E-state index in [2.05, 4.69) is 0 Å². The van der Waals surface area contributed by atoms with Crippen LogP contribution in [0.1, 0.15) is 42.1 Å². The molecule has 37 heavy (non-hydrogen) atoms. The first kappa shape index (κ1) is 26.2. The van der Waals surface area contributed by atoms with E-state index in [0.717, 1.165) is 5.56 Å². The summed E-state index contributed by atoms with van der Waals surface area (Å²) in [6.07, 6.45) is 0. The Morgan fingerprint density at radius 1 is 1.08 bits per heavy atom. The quantitative estimate of drug-likeness (QED) is 0.220. The second kappa shape index (κ2) is 10.6. The molecule has 3 aromatic rings. The van der Waals surface area contributed by atoms with Gasteiger partial charge in [-0.3, -0.25) is 9.59 Å². The summed E-state index contributed by atoms with van der Waals surface area (Å²) in [6, 6.07) is 14.0. The molecule has 6 nitrogen and oxygen atoms in total. The number of nitrogens with zero attached hydrogens (tertiary/aromatic N) is 1. The number of carbonyl (C=O) groups excluding carboxylic acids is 2. The number of likely N-dealkylation sites (tertiary alicyclic amines) is 1. The van der Waals surface area contributed by atoms with Crippen molar-refractivity contribution in [2.45, 2.75) is 33.4 Å². The van der Waals surface area contributed by atoms with Crippen molar-refractivity contribution in [1.29, 1.82) is 0 Å². The highest BCUT2D eigenvalue weighted by Gasteiger charge is 2.46. The molecule has 1 fully saturated rings. The number of carbonyl (C=O) groups is 2. The molecule has 8 heteroatoms. The SMILES string of the molecule is Cc1cc(/C(O)=C2/C(=O)C(=O)N(Cc3ccc(F)cc3)C2c2ccc(O)c(Cl)c2)ccc1OCC(C)C. The smallest absolute Gasteiger partial charge is 0.295 e. The average molecular weight is 524 g/mol. The molecular formula is C29H27ClFNO5. The predicted octanol–water partition coefficient (Wildman–Crippen LogP) is 6.15. The molecule has 1 atom stereocenters. The number of halogens is 2. The summed E-state index contributed by atoms with van der Waals surface area (Å²) < 4.78 is 19.3. The molecule has 0 radical (unpaired) electrons. The summed E-state index contributed by atoms with van der Waals surface area (Å²) in [7, 11) is 0. The number of amides is 1. The van der Waals surface area contributed by atoms with E-state index < -0.39 is 23.5 Å². The molecular weight excluding hydrogens is 497 g/mol. The summed E-state index contributed by atoms with van der Waals surface area (Å²) in [5.41, 5.74) is 2.03. The monoisotopic (exact) mass is 523 g/mol. The standard InChI is InChI=1S/C29H27ClFNO5/c1-16(2)15-37-24-11-7-20(12-17(24)3)27(34)25-26(19-6-10-23(33)22(30)13-19)32(29(36)28(25)35)14-18-4-8-21(31)9-5-18/h4-13,16,26,33-34H,14-15H2,1-3H3/b27-25-. The van der Waals surface area contributed by atoms with Crippen molar-refractivity contribution in [3.63, 3.8) is 0 Å². The van der Waals surface area contributed by atoms with E-state index >= 15 is 0 Å². The van der Waals surface area contributed by atoms with Gasteiger partial charge in [0.15, 0.2) is 0 Å². The first-order chi connectivity index (χ1) is 17.6. The maximum absolute atomic E-state index is 13.4. The number of aromatic hydroxyl groups is 1. The number of phenolic OH excluding ortho intramolecular Hbond substituents is 1. The highest BCUT2D eigenvalue weighted by atomic mass is 35.5. The van der Waals surface area contributed by atoms with Crippen molar-refractivity contribution in [3.8, 4) is 11.5 Å². The summed E-state index contributed by atoms with van der Waals surface area (Å²) in [5, 5.41) is 21.3. The zero-order valence-electron chi connectivity index (χ0n) is 20.7. The fraction of sp³-hybridized carbons (Fsp3) is 0.241. The van der Waals surface area contributed by atoms with Gasteiger partial charge in [-0.15, -0.1) is 0 Å². The van der Waals surface area contributed by atoms with Gasteiger partial charge >= 0.3 is 0 Å². The number of ether oxygens (including phenoxy) is 1. The molecule has 1 saturated heterocycles. The van der Waals surface area contributed by atoms with E-state index in [1.807, 2.05) is 20.8 Å². The van der Waals surface area contributed by atoms with Gasteiger partial charge in [-0.25, -0.2) is 4.39 Å². The lowest BCUT2D eigenvalue weighted by Crippen LogP contribution is -2.29. The van der Waals surface area contributed by atoms with Gasteiger partial charge in [-0.2, -0.15) is 0 Å². The number of aliphatic hydroxyl groups is 1. The van der Waals surface area contributed by atoms with Gasteiger partial charge in [-0.05, 0) is 72.0 Å². The lowest BCUT2D eigenvalue weighted by molar-refractivity contribution is -0.140. The van der Waals surface area contributed by atoms with E-state index in [-0.39, 0.29) is 28.6 Å². The van der Waals surface area contributed by atoms with Crippen LogP contribution < -0.4 is 4.74 Å². The topological polar surface area (TPSA) is 87.1 Å². The number of ketones is 1. The van der Waals surface area contributed by atoms with Crippen LogP contribution in [0.5, 0.6) is 11.5 Å². The van der Waals surface area contributed by atoms with E-state index in [4.69, 9.17) is 16.3 Å². The van der Waals surface area contributed by atoms with Gasteiger partial charge in [-0.1, -0.05) is 43.6 Å². The number of aryl methyl sites for hydroxylation is 1. The van der Waals surface area contributed by atoms with Crippen LogP contribution in [0.25, 0.3) is 5.76 Å². The molecule has 3 aromatic carbocycles. The molecule has 1 aliphatic heterocycles. The molecule has 4 rings (SSSR count). The molecule has 192 valence electrons. The zero-order valence-corrected chi connectivity index (χ0v) is 21.4. The molecule has 0 aromatic heterocycles. The molecule has 1 aliphatic rings. The molecule has 1 heterocycles. The molecule has 0 saturated carbocycles. The third-order valence-corrected chi connectivity index (χ3v) is 6.42. The minimum atomic E-state index is -0.986. The maximum atomic E-state index is 13.4. The average Bonchev–Trinajstić information content (AvgIpc) is 3.10. The molecule has 1 unspecified atom stereocenters. The minimum Gasteiger partial charge on any atom is -0.507 e. The van der Waals surface area contributed by atoms with Crippen molar-refractivity contribution in [2.75, 3.05) is 6.61 Å². The Hall–Kier alpha value is -3.84. The molecule has 0 spiro atoms. The van der Waals surface area contributed by atoms with Gasteiger partial charge in [0.05, 0.1) is 23.2 Å². The summed E-state index contributed by atoms with van der Waals surface area (Å²) in [5.74, 6) is -1.60. The van der Waals surface area contributed by atoms with Gasteiger partial charge in [0.1, 0.15) is 23.1 Å². The van der Waals surface area contributed by atoms with Gasteiger partial charge in [0, 0.05) is 12.1 Å². The first-order valence-electron chi connectivity index (χ1n) is 11.8. The van der Waals surface area contributed by atoms with Crippen LogP contribution in [-0.2, 0) is 16.1 Å². The van der Waals surface area contributed by atoms with Crippen molar-refractivity contribution >= 4 is 29.1 Å². The third kappa shape index (κ3) is 5.47. The molecule has 0 aliphatic carbocycles. The fourth-order valence-electron chi connectivity index (χ4n) is 4.24. The number of benzene rings is 3. The Kier molecular flexibility index (Phi) is 7.55. The van der Waals surface area contributed by atoms with Crippen molar-refractivity contribution in [1.82, 2.24) is 4.90 Å². The number of hydrogen-bond donors (Lipinski definition) is 2. The van der Waals surface area contributed by atoms with Crippen LogP contribution in [0.2, 0.25) is 5.02 Å².